The number of aliphatic hydroxyl groups excluding tert-OH is 1. The molecule has 3 N–H and O–H groups in total. The van der Waals surface area contributed by atoms with Gasteiger partial charge in [0.15, 0.2) is 6.04 Å². The molecule has 3 rings (SSSR count). The van der Waals surface area contributed by atoms with Crippen LogP contribution in [0.2, 0.25) is 23.2 Å². The zero-order chi connectivity index (χ0) is 38.1. The molecule has 0 unspecified atom stereocenters. The number of methoxy groups -OCH3 is 1. The van der Waals surface area contributed by atoms with Crippen molar-refractivity contribution in [2.75, 3.05) is 13.7 Å². The van der Waals surface area contributed by atoms with Gasteiger partial charge < -0.3 is 39.1 Å². The summed E-state index contributed by atoms with van der Waals surface area (Å²) in [6.07, 6.45) is -2.57. The summed E-state index contributed by atoms with van der Waals surface area (Å²) in [5.41, 5.74) is 0.560. The molecule has 51 heavy (non-hydrogen) atoms. The van der Waals surface area contributed by atoms with Crippen molar-refractivity contribution in [3.63, 3.8) is 0 Å². The molecule has 11 nitrogen and oxygen atoms in total. The highest BCUT2D eigenvalue weighted by molar-refractivity contribution is 6.74. The maximum atomic E-state index is 14.0. The van der Waals surface area contributed by atoms with Crippen LogP contribution in [0.3, 0.4) is 0 Å². The molecule has 3 atom stereocenters. The summed E-state index contributed by atoms with van der Waals surface area (Å²) in [4.78, 5) is 40.4. The minimum absolute atomic E-state index is 0.0314. The summed E-state index contributed by atoms with van der Waals surface area (Å²) in [5, 5.41) is 17.0. The number of hydrogen-bond acceptors (Lipinski definition) is 9. The van der Waals surface area contributed by atoms with Gasteiger partial charge in [-0.05, 0) is 81.2 Å². The van der Waals surface area contributed by atoms with E-state index in [2.05, 4.69) is 31.4 Å². The largest absolute Gasteiger partial charge is 0.542 e. The summed E-state index contributed by atoms with van der Waals surface area (Å²) >= 11 is 6.98. The fourth-order valence-electron chi connectivity index (χ4n) is 4.58. The SMILES string of the molecule is CCOC(=O)[C@@H](NC(=O)[C@H](NC(=O)OC(C)(C)C)c1ccc(OC)cc1)[C@H](O)c1ccc(OCc2ccccc2)c(Cl)c1O[Si](C)(C)C(C)(C)C. The number of carbonyl (C=O) groups is 3. The van der Waals surface area contributed by atoms with Crippen LogP contribution in [0.5, 0.6) is 17.2 Å². The number of esters is 1. The number of halogens is 1. The molecule has 0 saturated carbocycles. The van der Waals surface area contributed by atoms with Crippen molar-refractivity contribution < 1.29 is 42.9 Å². The van der Waals surface area contributed by atoms with Crippen molar-refractivity contribution in [3.8, 4) is 17.2 Å². The molecular weight excluding hydrogens is 692 g/mol. The van der Waals surface area contributed by atoms with E-state index in [9.17, 15) is 19.5 Å². The molecule has 2 amide bonds. The van der Waals surface area contributed by atoms with Crippen molar-refractivity contribution in [1.29, 1.82) is 0 Å². The Morgan fingerprint density at radius 3 is 2.08 bits per heavy atom. The Balaban J connectivity index is 2.08. The molecule has 278 valence electrons. The topological polar surface area (TPSA) is 142 Å². The predicted octanol–water partition coefficient (Wildman–Crippen LogP) is 7.66. The number of amides is 2. The number of nitrogens with one attached hydrogen (secondary N) is 2. The lowest BCUT2D eigenvalue weighted by molar-refractivity contribution is -0.151. The molecule has 0 aliphatic carbocycles. The van der Waals surface area contributed by atoms with E-state index >= 15 is 0 Å². The normalized spacial score (nSPS) is 13.6. The minimum atomic E-state index is -2.61. The minimum Gasteiger partial charge on any atom is -0.542 e. The first-order valence-corrected chi connectivity index (χ1v) is 20.0. The highest BCUT2D eigenvalue weighted by Gasteiger charge is 2.42. The first-order valence-electron chi connectivity index (χ1n) is 16.7. The van der Waals surface area contributed by atoms with E-state index < -0.39 is 50.1 Å². The van der Waals surface area contributed by atoms with Crippen LogP contribution in [0.4, 0.5) is 4.79 Å². The van der Waals surface area contributed by atoms with E-state index in [1.54, 1.807) is 64.1 Å². The van der Waals surface area contributed by atoms with Gasteiger partial charge in [-0.1, -0.05) is 74.8 Å². The lowest BCUT2D eigenvalue weighted by atomic mass is 9.99. The van der Waals surface area contributed by atoms with E-state index in [4.69, 9.17) is 35.0 Å². The summed E-state index contributed by atoms with van der Waals surface area (Å²) in [5.74, 6) is -0.768. The van der Waals surface area contributed by atoms with Crippen molar-refractivity contribution in [1.82, 2.24) is 10.6 Å². The fraction of sp³-hybridized carbons (Fsp3) is 0.447. The average Bonchev–Trinajstić information content (AvgIpc) is 3.05. The van der Waals surface area contributed by atoms with Crippen LogP contribution in [0.15, 0.2) is 66.7 Å². The number of rotatable bonds is 14. The van der Waals surface area contributed by atoms with Gasteiger partial charge in [0.1, 0.15) is 46.6 Å². The van der Waals surface area contributed by atoms with Crippen LogP contribution >= 0.6 is 11.6 Å². The van der Waals surface area contributed by atoms with Crippen molar-refractivity contribution in [2.24, 2.45) is 0 Å². The average molecular weight is 743 g/mol. The van der Waals surface area contributed by atoms with Gasteiger partial charge in [-0.25, -0.2) is 9.59 Å². The van der Waals surface area contributed by atoms with Crippen LogP contribution in [-0.4, -0.2) is 56.8 Å². The molecule has 0 aliphatic heterocycles. The Hall–Kier alpha value is -4.26. The Labute approximate surface area is 307 Å². The monoisotopic (exact) mass is 742 g/mol. The zero-order valence-corrected chi connectivity index (χ0v) is 32.8. The van der Waals surface area contributed by atoms with Gasteiger partial charge in [-0.15, -0.1) is 0 Å². The van der Waals surface area contributed by atoms with Gasteiger partial charge in [0.25, 0.3) is 8.32 Å². The van der Waals surface area contributed by atoms with Gasteiger partial charge >= 0.3 is 12.1 Å². The van der Waals surface area contributed by atoms with Gasteiger partial charge in [-0.2, -0.15) is 0 Å². The Bertz CT molecular complexity index is 1640. The molecule has 0 heterocycles. The molecular formula is C38H51ClN2O9Si. The quantitative estimate of drug-likeness (QED) is 0.112. The van der Waals surface area contributed by atoms with E-state index in [0.717, 1.165) is 5.56 Å². The zero-order valence-electron chi connectivity index (χ0n) is 31.1. The van der Waals surface area contributed by atoms with Crippen molar-refractivity contribution >= 4 is 37.9 Å². The molecule has 0 aliphatic rings. The molecule has 0 fully saturated rings. The van der Waals surface area contributed by atoms with Crippen LogP contribution in [0.1, 0.15) is 77.3 Å². The molecule has 13 heteroatoms. The van der Waals surface area contributed by atoms with Crippen LogP contribution in [-0.2, 0) is 25.7 Å². The molecule has 0 spiro atoms. The molecule has 0 bridgehead atoms. The van der Waals surface area contributed by atoms with Gasteiger partial charge in [0.2, 0.25) is 5.91 Å². The third kappa shape index (κ3) is 11.4. The summed E-state index contributed by atoms with van der Waals surface area (Å²) in [6, 6.07) is 16.1. The Kier molecular flexibility index (Phi) is 14.0. The molecule has 0 saturated heterocycles. The number of benzene rings is 3. The Morgan fingerprint density at radius 1 is 0.902 bits per heavy atom. The maximum Gasteiger partial charge on any atom is 0.408 e. The third-order valence-electron chi connectivity index (χ3n) is 8.34. The molecule has 0 aromatic heterocycles. The highest BCUT2D eigenvalue weighted by atomic mass is 35.5. The highest BCUT2D eigenvalue weighted by Crippen LogP contribution is 2.46. The second-order valence-electron chi connectivity index (χ2n) is 14.5. The first kappa shape index (κ1) is 41.2. The fourth-order valence-corrected chi connectivity index (χ4v) is 5.95. The second kappa shape index (κ2) is 17.3. The van der Waals surface area contributed by atoms with E-state index in [1.165, 1.54) is 7.11 Å². The van der Waals surface area contributed by atoms with E-state index in [1.807, 2.05) is 43.4 Å². The Morgan fingerprint density at radius 2 is 1.53 bits per heavy atom. The summed E-state index contributed by atoms with van der Waals surface area (Å²) < 4.78 is 28.7. The van der Waals surface area contributed by atoms with Crippen LogP contribution in [0, 0.1) is 0 Å². The number of aliphatic hydroxyl groups is 1. The standard InChI is InChI=1S/C38H51ClN2O9Si/c1-11-47-35(44)31(40-34(43)30(41-36(45)49-37(2,3)4)25-17-19-26(46-8)20-18-25)32(42)27-21-22-28(48-23-24-15-13-12-14-16-24)29(39)33(27)50-51(9,10)38(5,6)7/h12-22,30-32,42H,11,23H2,1-10H3,(H,40,43)(H,41,45)/t30-,31+,32-/m1/s1. The molecule has 3 aromatic rings. The van der Waals surface area contributed by atoms with E-state index in [-0.39, 0.29) is 34.6 Å². The van der Waals surface area contributed by atoms with E-state index in [0.29, 0.717) is 17.1 Å². The summed E-state index contributed by atoms with van der Waals surface area (Å²) in [6.45, 7) is 17.1. The second-order valence-corrected chi connectivity index (χ2v) is 19.6. The van der Waals surface area contributed by atoms with Crippen molar-refractivity contribution in [2.45, 2.75) is 97.0 Å². The lowest BCUT2D eigenvalue weighted by Gasteiger charge is -2.38. The number of ether oxygens (including phenoxy) is 4. The number of carbonyl (C=O) groups excluding carboxylic acids is 3. The molecule has 0 radical (unpaired) electrons. The predicted molar refractivity (Wildman–Crippen MR) is 199 cm³/mol. The number of alkyl carbamates (subject to hydrolysis) is 1. The molecule has 3 aromatic carbocycles. The number of hydrogen-bond donors (Lipinski definition) is 3. The van der Waals surface area contributed by atoms with Gasteiger partial charge in [0, 0.05) is 5.56 Å². The van der Waals surface area contributed by atoms with Crippen molar-refractivity contribution in [3.05, 3.63) is 88.4 Å². The lowest BCUT2D eigenvalue weighted by Crippen LogP contribution is -2.51. The maximum absolute atomic E-state index is 14.0. The summed E-state index contributed by atoms with van der Waals surface area (Å²) in [7, 11) is -1.11. The van der Waals surface area contributed by atoms with Crippen LogP contribution < -0.4 is 24.5 Å². The first-order chi connectivity index (χ1) is 23.8. The third-order valence-corrected chi connectivity index (χ3v) is 13.0. The van der Waals surface area contributed by atoms with Gasteiger partial charge in [-0.3, -0.25) is 4.79 Å². The van der Waals surface area contributed by atoms with Crippen LogP contribution in [0.25, 0.3) is 0 Å². The smallest absolute Gasteiger partial charge is 0.408 e. The van der Waals surface area contributed by atoms with Gasteiger partial charge in [0.05, 0.1) is 13.7 Å².